The van der Waals surface area contributed by atoms with Crippen molar-refractivity contribution in [2.75, 3.05) is 18.0 Å². The molecule has 1 aromatic rings. The molecule has 0 atom stereocenters. The number of aromatic nitrogens is 1. The molecule has 0 spiro atoms. The summed E-state index contributed by atoms with van der Waals surface area (Å²) >= 11 is 0. The van der Waals surface area contributed by atoms with E-state index in [4.69, 9.17) is 5.11 Å². The van der Waals surface area contributed by atoms with Crippen molar-refractivity contribution < 1.29 is 5.11 Å². The van der Waals surface area contributed by atoms with Gasteiger partial charge in [0, 0.05) is 19.3 Å². The summed E-state index contributed by atoms with van der Waals surface area (Å²) in [7, 11) is 0. The fraction of sp³-hybridized carbons (Fsp3) is 0.500. The van der Waals surface area contributed by atoms with Gasteiger partial charge in [-0.2, -0.15) is 0 Å². The van der Waals surface area contributed by atoms with Gasteiger partial charge >= 0.3 is 0 Å². The summed E-state index contributed by atoms with van der Waals surface area (Å²) < 4.78 is 0. The highest BCUT2D eigenvalue weighted by Crippen LogP contribution is 2.22. The van der Waals surface area contributed by atoms with E-state index in [-0.39, 0.29) is 6.61 Å². The first-order chi connectivity index (χ1) is 6.31. The minimum atomic E-state index is 0.0775. The summed E-state index contributed by atoms with van der Waals surface area (Å²) in [5.41, 5.74) is 2.05. The topological polar surface area (TPSA) is 36.4 Å². The van der Waals surface area contributed by atoms with Crippen molar-refractivity contribution in [3.8, 4) is 0 Å². The molecule has 70 valence electrons. The highest BCUT2D eigenvalue weighted by Gasteiger charge is 2.17. The van der Waals surface area contributed by atoms with Gasteiger partial charge in [0.05, 0.1) is 6.61 Å². The molecule has 1 aliphatic heterocycles. The predicted octanol–water partition coefficient (Wildman–Crippen LogP) is 1.09. The van der Waals surface area contributed by atoms with Crippen LogP contribution in [0.5, 0.6) is 0 Å². The van der Waals surface area contributed by atoms with Gasteiger partial charge < -0.3 is 10.0 Å². The van der Waals surface area contributed by atoms with Crippen LogP contribution in [0.3, 0.4) is 0 Å². The third-order valence-corrected chi connectivity index (χ3v) is 2.45. The van der Waals surface area contributed by atoms with Crippen LogP contribution in [0.15, 0.2) is 12.3 Å². The van der Waals surface area contributed by atoms with E-state index in [0.717, 1.165) is 30.0 Å². The summed E-state index contributed by atoms with van der Waals surface area (Å²) in [5, 5.41) is 8.91. The Morgan fingerprint density at radius 1 is 1.54 bits per heavy atom. The van der Waals surface area contributed by atoms with E-state index in [9.17, 15) is 0 Å². The smallest absolute Gasteiger partial charge is 0.131 e. The number of nitrogens with zero attached hydrogens (tertiary/aromatic N) is 2. The summed E-state index contributed by atoms with van der Waals surface area (Å²) in [6.45, 7) is 4.35. The van der Waals surface area contributed by atoms with Crippen LogP contribution in [0, 0.1) is 6.92 Å². The van der Waals surface area contributed by atoms with Crippen LogP contribution >= 0.6 is 0 Å². The number of aliphatic hydroxyl groups excluding tert-OH is 1. The van der Waals surface area contributed by atoms with Crippen molar-refractivity contribution in [3.63, 3.8) is 0 Å². The Bertz CT molecular complexity index is 308. The third kappa shape index (κ3) is 1.52. The Labute approximate surface area is 78.0 Å². The van der Waals surface area contributed by atoms with Crippen molar-refractivity contribution in [2.45, 2.75) is 20.0 Å². The number of pyridine rings is 1. The molecule has 0 radical (unpaired) electrons. The number of anilines is 1. The number of aliphatic hydroxyl groups is 1. The number of hydrogen-bond acceptors (Lipinski definition) is 3. The third-order valence-electron chi connectivity index (χ3n) is 2.45. The molecule has 0 bridgehead atoms. The van der Waals surface area contributed by atoms with Crippen LogP contribution in [-0.2, 0) is 6.61 Å². The zero-order valence-electron chi connectivity index (χ0n) is 7.82. The molecule has 3 nitrogen and oxygen atoms in total. The lowest BCUT2D eigenvalue weighted by molar-refractivity contribution is 0.281. The summed E-state index contributed by atoms with van der Waals surface area (Å²) in [5.74, 6) is 1.07. The van der Waals surface area contributed by atoms with Gasteiger partial charge in [0.2, 0.25) is 0 Å². The Kier molecular flexibility index (Phi) is 2.19. The van der Waals surface area contributed by atoms with Crippen LogP contribution in [-0.4, -0.2) is 23.2 Å². The molecule has 1 N–H and O–H groups in total. The van der Waals surface area contributed by atoms with Crippen LogP contribution < -0.4 is 4.90 Å². The maximum Gasteiger partial charge on any atom is 0.131 e. The van der Waals surface area contributed by atoms with Crippen LogP contribution in [0.1, 0.15) is 17.5 Å². The molecule has 1 saturated heterocycles. The number of rotatable bonds is 2. The lowest BCUT2D eigenvalue weighted by Gasteiger charge is -2.33. The molecular weight excluding hydrogens is 164 g/mol. The normalized spacial score (nSPS) is 15.7. The predicted molar refractivity (Wildman–Crippen MR) is 51.7 cm³/mol. The molecule has 1 aromatic heterocycles. The quantitative estimate of drug-likeness (QED) is 0.736. The molecule has 0 amide bonds. The molecule has 13 heavy (non-hydrogen) atoms. The Morgan fingerprint density at radius 3 is 2.77 bits per heavy atom. The number of aryl methyl sites for hydroxylation is 1. The van der Waals surface area contributed by atoms with E-state index in [1.807, 2.05) is 13.0 Å². The van der Waals surface area contributed by atoms with Gasteiger partial charge in [0.25, 0.3) is 0 Å². The second-order valence-corrected chi connectivity index (χ2v) is 3.48. The zero-order chi connectivity index (χ0) is 9.26. The standard InChI is InChI=1S/C10H14N2O/c1-8-5-9(7-13)6-11-10(8)12-3-2-4-12/h5-6,13H,2-4,7H2,1H3. The van der Waals surface area contributed by atoms with E-state index in [2.05, 4.69) is 9.88 Å². The molecule has 2 rings (SSSR count). The highest BCUT2D eigenvalue weighted by molar-refractivity contribution is 5.48. The fourth-order valence-electron chi connectivity index (χ4n) is 1.57. The van der Waals surface area contributed by atoms with Crippen molar-refractivity contribution in [2.24, 2.45) is 0 Å². The lowest BCUT2D eigenvalue weighted by Crippen LogP contribution is -2.38. The Hall–Kier alpha value is -1.09. The van der Waals surface area contributed by atoms with E-state index in [0.29, 0.717) is 0 Å². The largest absolute Gasteiger partial charge is 0.392 e. The second kappa shape index (κ2) is 3.34. The van der Waals surface area contributed by atoms with Crippen molar-refractivity contribution in [1.82, 2.24) is 4.98 Å². The van der Waals surface area contributed by atoms with E-state index >= 15 is 0 Å². The van der Waals surface area contributed by atoms with Gasteiger partial charge in [-0.05, 0) is 30.5 Å². The molecule has 3 heteroatoms. The average Bonchev–Trinajstić information content (AvgIpc) is 2.05. The second-order valence-electron chi connectivity index (χ2n) is 3.48. The minimum absolute atomic E-state index is 0.0775. The molecule has 1 aliphatic rings. The zero-order valence-corrected chi connectivity index (χ0v) is 7.82. The first-order valence-corrected chi connectivity index (χ1v) is 4.62. The molecule has 0 saturated carbocycles. The van der Waals surface area contributed by atoms with Gasteiger partial charge in [0.1, 0.15) is 5.82 Å². The van der Waals surface area contributed by atoms with Gasteiger partial charge in [-0.25, -0.2) is 4.98 Å². The van der Waals surface area contributed by atoms with E-state index in [1.54, 1.807) is 6.20 Å². The fourth-order valence-corrected chi connectivity index (χ4v) is 1.57. The maximum atomic E-state index is 8.91. The van der Waals surface area contributed by atoms with Crippen LogP contribution in [0.4, 0.5) is 5.82 Å². The van der Waals surface area contributed by atoms with Crippen LogP contribution in [0.25, 0.3) is 0 Å². The maximum absolute atomic E-state index is 8.91. The van der Waals surface area contributed by atoms with Gasteiger partial charge in [-0.15, -0.1) is 0 Å². The highest BCUT2D eigenvalue weighted by atomic mass is 16.3. The first-order valence-electron chi connectivity index (χ1n) is 4.62. The minimum Gasteiger partial charge on any atom is -0.392 e. The van der Waals surface area contributed by atoms with E-state index in [1.165, 1.54) is 6.42 Å². The van der Waals surface area contributed by atoms with Crippen molar-refractivity contribution in [3.05, 3.63) is 23.4 Å². The number of hydrogen-bond donors (Lipinski definition) is 1. The molecule has 1 fully saturated rings. The summed E-state index contributed by atoms with van der Waals surface area (Å²) in [6, 6.07) is 2.00. The van der Waals surface area contributed by atoms with Gasteiger partial charge in [-0.3, -0.25) is 0 Å². The average molecular weight is 178 g/mol. The monoisotopic (exact) mass is 178 g/mol. The molecule has 0 unspecified atom stereocenters. The lowest BCUT2D eigenvalue weighted by atomic mass is 10.1. The molecule has 0 aromatic carbocycles. The summed E-state index contributed by atoms with van der Waals surface area (Å²) in [4.78, 5) is 6.60. The Morgan fingerprint density at radius 2 is 2.31 bits per heavy atom. The summed E-state index contributed by atoms with van der Waals surface area (Å²) in [6.07, 6.45) is 3.02. The van der Waals surface area contributed by atoms with Crippen molar-refractivity contribution in [1.29, 1.82) is 0 Å². The van der Waals surface area contributed by atoms with E-state index < -0.39 is 0 Å². The molecule has 0 aliphatic carbocycles. The molecule has 2 heterocycles. The van der Waals surface area contributed by atoms with Gasteiger partial charge in [0.15, 0.2) is 0 Å². The van der Waals surface area contributed by atoms with Crippen molar-refractivity contribution >= 4 is 5.82 Å². The Balaban J connectivity index is 2.26. The first kappa shape index (κ1) is 8.51. The SMILES string of the molecule is Cc1cc(CO)cnc1N1CCC1. The van der Waals surface area contributed by atoms with Gasteiger partial charge in [-0.1, -0.05) is 0 Å². The van der Waals surface area contributed by atoms with Crippen LogP contribution in [0.2, 0.25) is 0 Å². The molecular formula is C10H14N2O.